The van der Waals surface area contributed by atoms with Crippen molar-refractivity contribution in [3.63, 3.8) is 0 Å². The van der Waals surface area contributed by atoms with E-state index in [9.17, 15) is 14.7 Å². The molecule has 6 nitrogen and oxygen atoms in total. The minimum absolute atomic E-state index is 0.242. The van der Waals surface area contributed by atoms with Gasteiger partial charge in [-0.05, 0) is 12.1 Å². The fourth-order valence-electron chi connectivity index (χ4n) is 2.40. The zero-order chi connectivity index (χ0) is 16.2. The topological polar surface area (TPSA) is 88.0 Å². The fraction of sp³-hybridized carbons (Fsp3) is 0.118. The molecular formula is C17H14N2O4. The monoisotopic (exact) mass is 310 g/mol. The SMILES string of the molecule is O=C(Nc1ccccc1)C1ON=C(c2ccccc2)C1C(=O)O. The molecule has 0 saturated heterocycles. The lowest BCUT2D eigenvalue weighted by Crippen LogP contribution is -2.40. The molecule has 0 aromatic heterocycles. The summed E-state index contributed by atoms with van der Waals surface area (Å²) >= 11 is 0. The molecule has 1 heterocycles. The van der Waals surface area contributed by atoms with Crippen LogP contribution in [0.4, 0.5) is 5.69 Å². The summed E-state index contributed by atoms with van der Waals surface area (Å²) in [5, 5.41) is 16.0. The van der Waals surface area contributed by atoms with Crippen LogP contribution in [-0.4, -0.2) is 28.8 Å². The van der Waals surface area contributed by atoms with Gasteiger partial charge in [0, 0.05) is 11.3 Å². The quantitative estimate of drug-likeness (QED) is 0.905. The number of carboxylic acid groups (broad SMARTS) is 1. The van der Waals surface area contributed by atoms with Gasteiger partial charge in [0.05, 0.1) is 0 Å². The van der Waals surface area contributed by atoms with Crippen molar-refractivity contribution >= 4 is 23.3 Å². The van der Waals surface area contributed by atoms with E-state index in [1.807, 2.05) is 12.1 Å². The van der Waals surface area contributed by atoms with Crippen LogP contribution in [0.25, 0.3) is 0 Å². The Morgan fingerprint density at radius 1 is 1.00 bits per heavy atom. The maximum absolute atomic E-state index is 12.3. The van der Waals surface area contributed by atoms with Crippen molar-refractivity contribution in [1.29, 1.82) is 0 Å². The number of carbonyl (C=O) groups is 2. The number of nitrogens with zero attached hydrogens (tertiary/aromatic N) is 1. The third-order valence-electron chi connectivity index (χ3n) is 3.50. The summed E-state index contributed by atoms with van der Waals surface area (Å²) in [6.45, 7) is 0. The van der Waals surface area contributed by atoms with E-state index in [0.717, 1.165) is 0 Å². The highest BCUT2D eigenvalue weighted by atomic mass is 16.6. The Bertz CT molecular complexity index is 744. The van der Waals surface area contributed by atoms with Crippen molar-refractivity contribution in [2.45, 2.75) is 6.10 Å². The van der Waals surface area contributed by atoms with Crippen LogP contribution in [-0.2, 0) is 14.4 Å². The molecule has 0 aliphatic carbocycles. The van der Waals surface area contributed by atoms with Gasteiger partial charge in [-0.25, -0.2) is 0 Å². The Balaban J connectivity index is 1.81. The summed E-state index contributed by atoms with van der Waals surface area (Å²) in [4.78, 5) is 29.1. The van der Waals surface area contributed by atoms with Gasteiger partial charge in [0.2, 0.25) is 6.10 Å². The molecule has 1 amide bonds. The molecule has 2 N–H and O–H groups in total. The molecule has 23 heavy (non-hydrogen) atoms. The molecule has 0 spiro atoms. The Labute approximate surface area is 132 Å². The second-order valence-corrected chi connectivity index (χ2v) is 5.04. The van der Waals surface area contributed by atoms with Gasteiger partial charge in [0.1, 0.15) is 5.71 Å². The summed E-state index contributed by atoms with van der Waals surface area (Å²) in [6.07, 6.45) is -1.21. The molecule has 2 aromatic carbocycles. The second-order valence-electron chi connectivity index (χ2n) is 5.04. The van der Waals surface area contributed by atoms with Gasteiger partial charge in [-0.3, -0.25) is 9.59 Å². The summed E-state index contributed by atoms with van der Waals surface area (Å²) in [5.41, 5.74) is 1.43. The number of rotatable bonds is 4. The molecular weight excluding hydrogens is 296 g/mol. The standard InChI is InChI=1S/C17H14N2O4/c20-16(18-12-9-5-2-6-10-12)15-13(17(21)22)14(19-23-15)11-7-3-1-4-8-11/h1-10,13,15H,(H,18,20)(H,21,22). The minimum Gasteiger partial charge on any atom is -0.481 e. The number of benzene rings is 2. The van der Waals surface area contributed by atoms with Gasteiger partial charge in [0.15, 0.2) is 5.92 Å². The first-order valence-corrected chi connectivity index (χ1v) is 7.04. The predicted molar refractivity (Wildman–Crippen MR) is 84.0 cm³/mol. The number of hydrogen-bond acceptors (Lipinski definition) is 4. The number of carbonyl (C=O) groups excluding carboxylic acids is 1. The maximum Gasteiger partial charge on any atom is 0.317 e. The molecule has 6 heteroatoms. The molecule has 2 aromatic rings. The number of amides is 1. The molecule has 3 rings (SSSR count). The van der Waals surface area contributed by atoms with E-state index in [2.05, 4.69) is 10.5 Å². The van der Waals surface area contributed by atoms with E-state index in [1.54, 1.807) is 48.5 Å². The van der Waals surface area contributed by atoms with Crippen molar-refractivity contribution in [1.82, 2.24) is 0 Å². The number of anilines is 1. The minimum atomic E-state index is -1.21. The summed E-state index contributed by atoms with van der Waals surface area (Å²) in [6, 6.07) is 17.6. The van der Waals surface area contributed by atoms with E-state index in [0.29, 0.717) is 11.3 Å². The lowest BCUT2D eigenvalue weighted by molar-refractivity contribution is -0.146. The molecule has 116 valence electrons. The Hall–Kier alpha value is -3.15. The zero-order valence-electron chi connectivity index (χ0n) is 12.0. The van der Waals surface area contributed by atoms with Gasteiger partial charge in [-0.2, -0.15) is 0 Å². The van der Waals surface area contributed by atoms with Crippen molar-refractivity contribution in [2.24, 2.45) is 11.1 Å². The molecule has 0 radical (unpaired) electrons. The van der Waals surface area contributed by atoms with E-state index in [1.165, 1.54) is 0 Å². The highest BCUT2D eigenvalue weighted by Gasteiger charge is 2.45. The molecule has 2 unspecified atom stereocenters. The molecule has 0 bridgehead atoms. The Morgan fingerprint density at radius 3 is 2.22 bits per heavy atom. The first-order chi connectivity index (χ1) is 11.2. The van der Waals surface area contributed by atoms with Gasteiger partial charge >= 0.3 is 5.97 Å². The lowest BCUT2D eigenvalue weighted by Gasteiger charge is -2.15. The first kappa shape index (κ1) is 14.8. The lowest BCUT2D eigenvalue weighted by atomic mass is 9.92. The summed E-state index contributed by atoms with van der Waals surface area (Å²) < 4.78 is 0. The van der Waals surface area contributed by atoms with Gasteiger partial charge in [-0.15, -0.1) is 0 Å². The van der Waals surface area contributed by atoms with Crippen molar-refractivity contribution < 1.29 is 19.5 Å². The van der Waals surface area contributed by atoms with E-state index < -0.39 is 23.9 Å². The second kappa shape index (κ2) is 6.31. The highest BCUT2D eigenvalue weighted by molar-refractivity contribution is 6.16. The smallest absolute Gasteiger partial charge is 0.317 e. The third-order valence-corrected chi connectivity index (χ3v) is 3.50. The number of aliphatic carboxylic acids is 1. The van der Waals surface area contributed by atoms with Crippen LogP contribution in [0, 0.1) is 5.92 Å². The van der Waals surface area contributed by atoms with Crippen LogP contribution >= 0.6 is 0 Å². The van der Waals surface area contributed by atoms with E-state index in [-0.39, 0.29) is 5.71 Å². The number of oxime groups is 1. The van der Waals surface area contributed by atoms with Crippen molar-refractivity contribution in [2.75, 3.05) is 5.32 Å². The van der Waals surface area contributed by atoms with Crippen LogP contribution in [0.3, 0.4) is 0 Å². The summed E-state index contributed by atoms with van der Waals surface area (Å²) in [7, 11) is 0. The Kier molecular flexibility index (Phi) is 4.05. The average Bonchev–Trinajstić information content (AvgIpc) is 3.02. The van der Waals surface area contributed by atoms with Crippen LogP contribution in [0.2, 0.25) is 0 Å². The molecule has 1 aliphatic rings. The number of para-hydroxylation sites is 1. The zero-order valence-corrected chi connectivity index (χ0v) is 12.0. The van der Waals surface area contributed by atoms with E-state index in [4.69, 9.17) is 4.84 Å². The molecule has 1 aliphatic heterocycles. The molecule has 2 atom stereocenters. The average molecular weight is 310 g/mol. The van der Waals surface area contributed by atoms with Gasteiger partial charge in [0.25, 0.3) is 5.91 Å². The van der Waals surface area contributed by atoms with Crippen molar-refractivity contribution in [3.05, 3.63) is 66.2 Å². The largest absolute Gasteiger partial charge is 0.481 e. The predicted octanol–water partition coefficient (Wildman–Crippen LogP) is 2.13. The number of carboxylic acids is 1. The van der Waals surface area contributed by atoms with Crippen LogP contribution in [0.5, 0.6) is 0 Å². The fourth-order valence-corrected chi connectivity index (χ4v) is 2.40. The maximum atomic E-state index is 12.3. The summed E-state index contributed by atoms with van der Waals surface area (Å²) in [5.74, 6) is -2.85. The Morgan fingerprint density at radius 2 is 1.61 bits per heavy atom. The van der Waals surface area contributed by atoms with Gasteiger partial charge < -0.3 is 15.3 Å². The normalized spacial score (nSPS) is 19.6. The first-order valence-electron chi connectivity index (χ1n) is 7.04. The number of hydrogen-bond donors (Lipinski definition) is 2. The van der Waals surface area contributed by atoms with Crippen molar-refractivity contribution in [3.8, 4) is 0 Å². The number of nitrogens with one attached hydrogen (secondary N) is 1. The highest BCUT2D eigenvalue weighted by Crippen LogP contribution is 2.25. The molecule has 0 saturated carbocycles. The van der Waals surface area contributed by atoms with E-state index >= 15 is 0 Å². The van der Waals surface area contributed by atoms with Crippen LogP contribution in [0.15, 0.2) is 65.8 Å². The third kappa shape index (κ3) is 3.06. The van der Waals surface area contributed by atoms with Crippen LogP contribution in [0.1, 0.15) is 5.56 Å². The molecule has 0 fully saturated rings. The van der Waals surface area contributed by atoms with Crippen LogP contribution < -0.4 is 5.32 Å². The van der Waals surface area contributed by atoms with Gasteiger partial charge in [-0.1, -0.05) is 53.7 Å².